The number of hydrogen-bond acceptors (Lipinski definition) is 4. The van der Waals surface area contributed by atoms with Gasteiger partial charge in [0.1, 0.15) is 5.15 Å². The van der Waals surface area contributed by atoms with Gasteiger partial charge in [-0.2, -0.15) is 0 Å². The van der Waals surface area contributed by atoms with E-state index in [0.29, 0.717) is 12.0 Å². The van der Waals surface area contributed by atoms with Crippen molar-refractivity contribution >= 4 is 23.1 Å². The summed E-state index contributed by atoms with van der Waals surface area (Å²) in [4.78, 5) is 14.4. The molecule has 2 unspecified atom stereocenters. The second-order valence-electron chi connectivity index (χ2n) is 4.29. The van der Waals surface area contributed by atoms with Crippen molar-refractivity contribution in [1.82, 2.24) is 4.98 Å². The highest BCUT2D eigenvalue weighted by atomic mass is 35.5. The topological polar surface area (TPSA) is 68.1 Å². The molecule has 92 valence electrons. The molecule has 1 fully saturated rings. The van der Waals surface area contributed by atoms with Gasteiger partial charge in [0.2, 0.25) is 5.82 Å². The molecule has 0 amide bonds. The minimum absolute atomic E-state index is 0.0171. The molecule has 0 spiro atoms. The molecule has 1 aromatic rings. The molecule has 0 saturated heterocycles. The van der Waals surface area contributed by atoms with Crippen molar-refractivity contribution in [3.63, 3.8) is 0 Å². The van der Waals surface area contributed by atoms with Gasteiger partial charge in [-0.05, 0) is 24.8 Å². The second-order valence-corrected chi connectivity index (χ2v) is 4.68. The van der Waals surface area contributed by atoms with Crippen molar-refractivity contribution < 1.29 is 4.92 Å². The zero-order valence-electron chi connectivity index (χ0n) is 9.52. The third kappa shape index (κ3) is 2.85. The normalized spacial score (nSPS) is 22.2. The van der Waals surface area contributed by atoms with Gasteiger partial charge >= 0.3 is 5.69 Å². The Labute approximate surface area is 104 Å². The summed E-state index contributed by atoms with van der Waals surface area (Å²) in [6.45, 7) is 2.13. The van der Waals surface area contributed by atoms with Crippen LogP contribution in [0.3, 0.4) is 0 Å². The van der Waals surface area contributed by atoms with Gasteiger partial charge < -0.3 is 5.32 Å². The highest BCUT2D eigenvalue weighted by Gasteiger charge is 2.37. The predicted octanol–water partition coefficient (Wildman–Crippen LogP) is 3.24. The molecule has 1 heterocycles. The maximum Gasteiger partial charge on any atom is 0.311 e. The van der Waals surface area contributed by atoms with Crippen LogP contribution in [0.15, 0.2) is 12.1 Å². The van der Waals surface area contributed by atoms with Crippen LogP contribution in [-0.4, -0.2) is 15.9 Å². The number of hydrogen-bond donors (Lipinski definition) is 1. The lowest BCUT2D eigenvalue weighted by atomic mass is 10.2. The van der Waals surface area contributed by atoms with Crippen molar-refractivity contribution in [1.29, 1.82) is 0 Å². The average Bonchev–Trinajstić information content (AvgIpc) is 2.96. The molecule has 1 aliphatic rings. The zero-order chi connectivity index (χ0) is 12.4. The third-order valence-corrected chi connectivity index (χ3v) is 3.15. The van der Waals surface area contributed by atoms with Crippen LogP contribution in [0.4, 0.5) is 11.5 Å². The molecule has 0 aromatic carbocycles. The zero-order valence-corrected chi connectivity index (χ0v) is 10.3. The van der Waals surface area contributed by atoms with Crippen LogP contribution in [0.2, 0.25) is 5.15 Å². The van der Waals surface area contributed by atoms with Crippen molar-refractivity contribution in [2.45, 2.75) is 32.2 Å². The Morgan fingerprint density at radius 2 is 2.41 bits per heavy atom. The fourth-order valence-electron chi connectivity index (χ4n) is 1.97. The van der Waals surface area contributed by atoms with Gasteiger partial charge in [0.15, 0.2) is 0 Å². The Morgan fingerprint density at radius 3 is 3.06 bits per heavy atom. The Kier molecular flexibility index (Phi) is 3.47. The summed E-state index contributed by atoms with van der Waals surface area (Å²) in [5.74, 6) is 0.895. The maximum absolute atomic E-state index is 10.8. The summed E-state index contributed by atoms with van der Waals surface area (Å²) < 4.78 is 0. The highest BCUT2D eigenvalue weighted by molar-refractivity contribution is 6.29. The van der Waals surface area contributed by atoms with Crippen molar-refractivity contribution in [3.8, 4) is 0 Å². The molecule has 1 aliphatic carbocycles. The van der Waals surface area contributed by atoms with Gasteiger partial charge in [-0.3, -0.25) is 10.1 Å². The molecule has 0 radical (unpaired) electrons. The highest BCUT2D eigenvalue weighted by Crippen LogP contribution is 2.38. The van der Waals surface area contributed by atoms with E-state index >= 15 is 0 Å². The number of rotatable bonds is 5. The molecule has 2 rings (SSSR count). The predicted molar refractivity (Wildman–Crippen MR) is 66.3 cm³/mol. The Bertz CT molecular complexity index is 439. The first-order valence-electron chi connectivity index (χ1n) is 5.69. The molecule has 0 aliphatic heterocycles. The first-order valence-corrected chi connectivity index (χ1v) is 6.07. The van der Waals surface area contributed by atoms with Crippen molar-refractivity contribution in [2.75, 3.05) is 5.32 Å². The minimum Gasteiger partial charge on any atom is -0.361 e. The van der Waals surface area contributed by atoms with Crippen LogP contribution in [-0.2, 0) is 0 Å². The molecule has 1 saturated carbocycles. The van der Waals surface area contributed by atoms with Crippen LogP contribution >= 0.6 is 11.6 Å². The number of nitrogens with one attached hydrogen (secondary N) is 1. The van der Waals surface area contributed by atoms with Gasteiger partial charge in [0.25, 0.3) is 0 Å². The van der Waals surface area contributed by atoms with Crippen LogP contribution in [0.25, 0.3) is 0 Å². The number of nitrogens with zero attached hydrogens (tertiary/aromatic N) is 2. The van der Waals surface area contributed by atoms with Gasteiger partial charge in [-0.15, -0.1) is 0 Å². The molecular weight excluding hydrogens is 242 g/mol. The van der Waals surface area contributed by atoms with E-state index in [9.17, 15) is 10.1 Å². The van der Waals surface area contributed by atoms with E-state index in [-0.39, 0.29) is 16.7 Å². The quantitative estimate of drug-likeness (QED) is 0.498. The number of halogens is 1. The fourth-order valence-corrected chi connectivity index (χ4v) is 2.12. The van der Waals surface area contributed by atoms with E-state index in [4.69, 9.17) is 11.6 Å². The van der Waals surface area contributed by atoms with E-state index in [1.165, 1.54) is 12.1 Å². The maximum atomic E-state index is 10.8. The van der Waals surface area contributed by atoms with E-state index in [1.807, 2.05) is 0 Å². The van der Waals surface area contributed by atoms with Gasteiger partial charge in [0.05, 0.1) is 4.92 Å². The molecule has 17 heavy (non-hydrogen) atoms. The van der Waals surface area contributed by atoms with Crippen molar-refractivity contribution in [2.24, 2.45) is 5.92 Å². The second kappa shape index (κ2) is 4.87. The lowest BCUT2D eigenvalue weighted by Crippen LogP contribution is -2.08. The summed E-state index contributed by atoms with van der Waals surface area (Å²) in [5.41, 5.74) is -0.0171. The Hall–Kier alpha value is -1.36. The molecule has 1 N–H and O–H groups in total. The van der Waals surface area contributed by atoms with Gasteiger partial charge in [0, 0.05) is 12.1 Å². The third-order valence-electron chi connectivity index (χ3n) is 2.94. The summed E-state index contributed by atoms with van der Waals surface area (Å²) in [6, 6.07) is 3.12. The molecule has 2 atom stereocenters. The van der Waals surface area contributed by atoms with Gasteiger partial charge in [-0.25, -0.2) is 4.98 Å². The largest absolute Gasteiger partial charge is 0.361 e. The standard InChI is InChI=1S/C11H14ClN3O2/c1-2-3-7-6-8(7)13-11-9(15(16)17)4-5-10(12)14-11/h4-5,7-8H,2-3,6H2,1H3,(H,13,14). The lowest BCUT2D eigenvalue weighted by Gasteiger charge is -2.05. The molecule has 6 heteroatoms. The number of aromatic nitrogens is 1. The number of pyridine rings is 1. The minimum atomic E-state index is -0.442. The first kappa shape index (κ1) is 12.1. The van der Waals surface area contributed by atoms with E-state index in [0.717, 1.165) is 19.3 Å². The van der Waals surface area contributed by atoms with Crippen LogP contribution in [0, 0.1) is 16.0 Å². The summed E-state index contributed by atoms with van der Waals surface area (Å²) in [5, 5.41) is 14.2. The van der Waals surface area contributed by atoms with E-state index in [1.54, 1.807) is 0 Å². The smallest absolute Gasteiger partial charge is 0.311 e. The monoisotopic (exact) mass is 255 g/mol. The molecule has 0 bridgehead atoms. The van der Waals surface area contributed by atoms with E-state index < -0.39 is 4.92 Å². The Balaban J connectivity index is 2.10. The molecule has 1 aromatic heterocycles. The van der Waals surface area contributed by atoms with Crippen LogP contribution < -0.4 is 5.32 Å². The summed E-state index contributed by atoms with van der Waals surface area (Å²) in [6.07, 6.45) is 3.33. The SMILES string of the molecule is CCCC1CC1Nc1nc(Cl)ccc1[N+](=O)[O-]. The van der Waals surface area contributed by atoms with E-state index in [2.05, 4.69) is 17.2 Å². The van der Waals surface area contributed by atoms with Crippen molar-refractivity contribution in [3.05, 3.63) is 27.4 Å². The van der Waals surface area contributed by atoms with Gasteiger partial charge in [-0.1, -0.05) is 24.9 Å². The Morgan fingerprint density at radius 1 is 1.65 bits per heavy atom. The fraction of sp³-hybridized carbons (Fsp3) is 0.545. The summed E-state index contributed by atoms with van der Waals surface area (Å²) >= 11 is 5.75. The summed E-state index contributed by atoms with van der Waals surface area (Å²) in [7, 11) is 0. The molecule has 5 nitrogen and oxygen atoms in total. The van der Waals surface area contributed by atoms with Crippen LogP contribution in [0.5, 0.6) is 0 Å². The molecular formula is C11H14ClN3O2. The first-order chi connectivity index (χ1) is 8.11. The lowest BCUT2D eigenvalue weighted by molar-refractivity contribution is -0.384. The average molecular weight is 256 g/mol. The number of nitro groups is 1. The number of anilines is 1. The van der Waals surface area contributed by atoms with Crippen LogP contribution in [0.1, 0.15) is 26.2 Å².